The summed E-state index contributed by atoms with van der Waals surface area (Å²) in [5.74, 6) is 0.0706. The SMILES string of the molecule is [B]CC1O[C@@H](C(C)C)C(O)C(O)[C@H]1O. The van der Waals surface area contributed by atoms with Crippen LogP contribution in [0.5, 0.6) is 0 Å². The van der Waals surface area contributed by atoms with Crippen molar-refractivity contribution in [2.24, 2.45) is 5.92 Å². The summed E-state index contributed by atoms with van der Waals surface area (Å²) in [6.07, 6.45) is -4.26. The van der Waals surface area contributed by atoms with Crippen molar-refractivity contribution in [3.63, 3.8) is 0 Å². The molecule has 3 unspecified atom stereocenters. The van der Waals surface area contributed by atoms with E-state index in [4.69, 9.17) is 12.6 Å². The summed E-state index contributed by atoms with van der Waals surface area (Å²) in [6, 6.07) is 0. The fourth-order valence-electron chi connectivity index (χ4n) is 1.73. The molecule has 2 radical (unpaired) electrons. The third-order valence-electron chi connectivity index (χ3n) is 2.64. The van der Waals surface area contributed by atoms with Crippen LogP contribution in [0.25, 0.3) is 0 Å². The molecular formula is C9H17BO4. The highest BCUT2D eigenvalue weighted by atomic mass is 16.5. The van der Waals surface area contributed by atoms with Crippen molar-refractivity contribution in [3.05, 3.63) is 0 Å². The van der Waals surface area contributed by atoms with Gasteiger partial charge in [-0.05, 0) is 5.92 Å². The Balaban J connectivity index is 2.73. The molecule has 5 heteroatoms. The highest BCUT2D eigenvalue weighted by molar-refractivity contribution is 6.08. The molecule has 1 fully saturated rings. The molecule has 0 aromatic heterocycles. The van der Waals surface area contributed by atoms with Gasteiger partial charge in [0.25, 0.3) is 0 Å². The topological polar surface area (TPSA) is 69.9 Å². The smallest absolute Gasteiger partial charge is 0.111 e. The highest BCUT2D eigenvalue weighted by Crippen LogP contribution is 2.26. The van der Waals surface area contributed by atoms with E-state index in [9.17, 15) is 15.3 Å². The summed E-state index contributed by atoms with van der Waals surface area (Å²) in [7, 11) is 5.39. The molecule has 0 aromatic carbocycles. The Morgan fingerprint density at radius 1 is 1.14 bits per heavy atom. The van der Waals surface area contributed by atoms with Crippen LogP contribution in [0.1, 0.15) is 13.8 Å². The summed E-state index contributed by atoms with van der Waals surface area (Å²) < 4.78 is 5.41. The van der Waals surface area contributed by atoms with E-state index in [0.29, 0.717) is 0 Å². The van der Waals surface area contributed by atoms with Gasteiger partial charge in [-0.2, -0.15) is 0 Å². The Morgan fingerprint density at radius 3 is 2.14 bits per heavy atom. The molecule has 5 atom stereocenters. The van der Waals surface area contributed by atoms with Crippen LogP contribution >= 0.6 is 0 Å². The van der Waals surface area contributed by atoms with Gasteiger partial charge in [0, 0.05) is 0 Å². The number of hydrogen-bond donors (Lipinski definition) is 3. The zero-order chi connectivity index (χ0) is 10.9. The first kappa shape index (κ1) is 12.0. The molecular weight excluding hydrogens is 183 g/mol. The lowest BCUT2D eigenvalue weighted by Crippen LogP contribution is -2.58. The maximum Gasteiger partial charge on any atom is 0.111 e. The number of rotatable bonds is 2. The van der Waals surface area contributed by atoms with Crippen LogP contribution in [0, 0.1) is 5.92 Å². The summed E-state index contributed by atoms with van der Waals surface area (Å²) in [4.78, 5) is 0. The first-order valence-corrected chi connectivity index (χ1v) is 4.88. The molecule has 3 N–H and O–H groups in total. The molecule has 80 valence electrons. The monoisotopic (exact) mass is 200 g/mol. The fourth-order valence-corrected chi connectivity index (χ4v) is 1.73. The average molecular weight is 200 g/mol. The van der Waals surface area contributed by atoms with E-state index in [1.807, 2.05) is 13.8 Å². The zero-order valence-corrected chi connectivity index (χ0v) is 8.50. The van der Waals surface area contributed by atoms with Gasteiger partial charge in [-0.1, -0.05) is 20.2 Å². The third-order valence-corrected chi connectivity index (χ3v) is 2.64. The second-order valence-electron chi connectivity index (χ2n) is 4.09. The second kappa shape index (κ2) is 4.62. The lowest BCUT2D eigenvalue weighted by molar-refractivity contribution is -0.226. The van der Waals surface area contributed by atoms with Gasteiger partial charge in [0.1, 0.15) is 18.3 Å². The van der Waals surface area contributed by atoms with Crippen LogP contribution in [0.2, 0.25) is 6.32 Å². The zero-order valence-electron chi connectivity index (χ0n) is 8.50. The van der Waals surface area contributed by atoms with Crippen LogP contribution in [-0.4, -0.2) is 53.7 Å². The molecule has 1 aliphatic heterocycles. The molecule has 1 saturated heterocycles. The minimum Gasteiger partial charge on any atom is -0.388 e. The molecule has 1 aliphatic rings. The van der Waals surface area contributed by atoms with Crippen molar-refractivity contribution < 1.29 is 20.1 Å². The minimum atomic E-state index is -1.18. The predicted octanol–water partition coefficient (Wildman–Crippen LogP) is -0.921. The van der Waals surface area contributed by atoms with Crippen LogP contribution in [0.4, 0.5) is 0 Å². The van der Waals surface area contributed by atoms with Gasteiger partial charge < -0.3 is 20.1 Å². The highest BCUT2D eigenvalue weighted by Gasteiger charge is 2.43. The van der Waals surface area contributed by atoms with Gasteiger partial charge in [0.05, 0.1) is 20.1 Å². The normalized spacial score (nSPS) is 44.3. The summed E-state index contributed by atoms with van der Waals surface area (Å²) in [5, 5.41) is 28.6. The van der Waals surface area contributed by atoms with Crippen LogP contribution in [0.3, 0.4) is 0 Å². The Labute approximate surface area is 85.3 Å². The van der Waals surface area contributed by atoms with E-state index in [0.717, 1.165) is 0 Å². The van der Waals surface area contributed by atoms with Crippen molar-refractivity contribution >= 4 is 7.85 Å². The maximum atomic E-state index is 9.62. The van der Waals surface area contributed by atoms with Crippen molar-refractivity contribution in [2.45, 2.75) is 50.7 Å². The van der Waals surface area contributed by atoms with Crippen molar-refractivity contribution in [2.75, 3.05) is 0 Å². The molecule has 0 aliphatic carbocycles. The average Bonchev–Trinajstić information content (AvgIpc) is 2.14. The van der Waals surface area contributed by atoms with E-state index in [1.165, 1.54) is 0 Å². The van der Waals surface area contributed by atoms with Gasteiger partial charge in [-0.25, -0.2) is 0 Å². The van der Waals surface area contributed by atoms with Crippen LogP contribution < -0.4 is 0 Å². The number of aliphatic hydroxyl groups excluding tert-OH is 3. The van der Waals surface area contributed by atoms with Crippen molar-refractivity contribution in [3.8, 4) is 0 Å². The standard InChI is InChI=1S/C9H17BO4/c1-4(2)9-8(13)7(12)6(11)5(3-10)14-9/h4-9,11-13H,3H2,1-2H3/t5?,6-,7?,8?,9-/m0/s1. The first-order valence-electron chi connectivity index (χ1n) is 4.88. The van der Waals surface area contributed by atoms with Gasteiger partial charge in [-0.3, -0.25) is 0 Å². The van der Waals surface area contributed by atoms with Gasteiger partial charge in [0.15, 0.2) is 0 Å². The maximum absolute atomic E-state index is 9.62. The molecule has 1 heterocycles. The lowest BCUT2D eigenvalue weighted by Gasteiger charge is -2.42. The van der Waals surface area contributed by atoms with E-state index < -0.39 is 30.5 Å². The fraction of sp³-hybridized carbons (Fsp3) is 1.00. The lowest BCUT2D eigenvalue weighted by atomic mass is 9.85. The first-order chi connectivity index (χ1) is 6.49. The Morgan fingerprint density at radius 2 is 1.71 bits per heavy atom. The number of hydrogen-bond acceptors (Lipinski definition) is 4. The summed E-state index contributed by atoms with van der Waals surface area (Å²) >= 11 is 0. The van der Waals surface area contributed by atoms with Gasteiger partial charge in [-0.15, -0.1) is 0 Å². The van der Waals surface area contributed by atoms with Crippen molar-refractivity contribution in [1.29, 1.82) is 0 Å². The summed E-state index contributed by atoms with van der Waals surface area (Å²) in [5.41, 5.74) is 0. The molecule has 14 heavy (non-hydrogen) atoms. The van der Waals surface area contributed by atoms with E-state index >= 15 is 0 Å². The second-order valence-corrected chi connectivity index (χ2v) is 4.09. The Bertz CT molecular complexity index is 186. The molecule has 0 saturated carbocycles. The molecule has 0 bridgehead atoms. The van der Waals surface area contributed by atoms with E-state index in [-0.39, 0.29) is 12.2 Å². The van der Waals surface area contributed by atoms with E-state index in [2.05, 4.69) is 0 Å². The number of aliphatic hydroxyl groups is 3. The Kier molecular flexibility index (Phi) is 3.95. The predicted molar refractivity (Wildman–Crippen MR) is 52.1 cm³/mol. The minimum absolute atomic E-state index is 0.0706. The molecule has 0 aromatic rings. The Hall–Kier alpha value is -0.0951. The molecule has 0 spiro atoms. The van der Waals surface area contributed by atoms with Crippen molar-refractivity contribution in [1.82, 2.24) is 0 Å². The molecule has 1 rings (SSSR count). The van der Waals surface area contributed by atoms with E-state index in [1.54, 1.807) is 0 Å². The quantitative estimate of drug-likeness (QED) is 0.504. The number of ether oxygens (including phenoxy) is 1. The largest absolute Gasteiger partial charge is 0.388 e. The van der Waals surface area contributed by atoms with Crippen LogP contribution in [0.15, 0.2) is 0 Å². The molecule has 4 nitrogen and oxygen atoms in total. The summed E-state index contributed by atoms with van der Waals surface area (Å²) in [6.45, 7) is 3.76. The van der Waals surface area contributed by atoms with Gasteiger partial charge in [0.2, 0.25) is 0 Å². The van der Waals surface area contributed by atoms with Gasteiger partial charge >= 0.3 is 0 Å². The molecule has 0 amide bonds. The third kappa shape index (κ3) is 2.11. The van der Waals surface area contributed by atoms with Crippen LogP contribution in [-0.2, 0) is 4.74 Å².